The third-order valence-electron chi connectivity index (χ3n) is 3.99. The van der Waals surface area contributed by atoms with E-state index in [2.05, 4.69) is 0 Å². The van der Waals surface area contributed by atoms with Crippen LogP contribution in [-0.4, -0.2) is 42.4 Å². The summed E-state index contributed by atoms with van der Waals surface area (Å²) in [4.78, 5) is 13.4. The molecule has 2 aromatic carbocycles. The number of aliphatic hydroxyl groups excluding tert-OH is 1. The van der Waals surface area contributed by atoms with Crippen LogP contribution in [0.25, 0.3) is 5.57 Å². The van der Waals surface area contributed by atoms with Gasteiger partial charge in [0.25, 0.3) is 5.91 Å². The summed E-state index contributed by atoms with van der Waals surface area (Å²) in [5.41, 5.74) is 2.77. The number of fused-ring (bicyclic) bond motifs is 1. The molecule has 0 radical (unpaired) electrons. The van der Waals surface area contributed by atoms with Gasteiger partial charge in [0.1, 0.15) is 11.5 Å². The lowest BCUT2D eigenvalue weighted by Crippen LogP contribution is -2.35. The molecule has 2 aromatic rings. The van der Waals surface area contributed by atoms with Gasteiger partial charge in [-0.2, -0.15) is 0 Å². The van der Waals surface area contributed by atoms with Gasteiger partial charge in [0.2, 0.25) is 6.29 Å². The zero-order valence-electron chi connectivity index (χ0n) is 14.5. The van der Waals surface area contributed by atoms with E-state index in [1.165, 1.54) is 4.90 Å². The number of benzene rings is 2. The maximum absolute atomic E-state index is 11.9. The van der Waals surface area contributed by atoms with Crippen molar-refractivity contribution in [1.82, 2.24) is 4.90 Å². The Morgan fingerprint density at radius 1 is 1.20 bits per heavy atom. The van der Waals surface area contributed by atoms with E-state index >= 15 is 0 Å². The molecule has 0 aliphatic carbocycles. The van der Waals surface area contributed by atoms with Crippen molar-refractivity contribution in [2.24, 2.45) is 0 Å². The van der Waals surface area contributed by atoms with Crippen molar-refractivity contribution >= 4 is 11.5 Å². The van der Waals surface area contributed by atoms with Crippen LogP contribution < -0.4 is 9.47 Å². The maximum Gasteiger partial charge on any atom is 0.262 e. The summed E-state index contributed by atoms with van der Waals surface area (Å²) in [7, 11) is 3.37. The summed E-state index contributed by atoms with van der Waals surface area (Å²) in [6.45, 7) is 1.70. The van der Waals surface area contributed by atoms with Gasteiger partial charge in [-0.25, -0.2) is 0 Å². The SMILES string of the molecule is C[C@@H](Oc1ccc2c(c1)OC(O)C=C2c1ccccc1)C(=O)N(C)C. The summed E-state index contributed by atoms with van der Waals surface area (Å²) in [5, 5.41) is 10.0. The lowest BCUT2D eigenvalue weighted by Gasteiger charge is -2.24. The molecule has 1 heterocycles. The zero-order valence-corrected chi connectivity index (χ0v) is 14.5. The number of rotatable bonds is 4. The number of carbonyl (C=O) groups is 1. The first-order chi connectivity index (χ1) is 12.0. The van der Waals surface area contributed by atoms with Gasteiger partial charge in [0.05, 0.1) is 0 Å². The molecule has 0 aromatic heterocycles. The molecule has 0 bridgehead atoms. The number of amides is 1. The highest BCUT2D eigenvalue weighted by Gasteiger charge is 2.22. The van der Waals surface area contributed by atoms with Gasteiger partial charge in [0.15, 0.2) is 6.10 Å². The second-order valence-corrected chi connectivity index (χ2v) is 6.11. The van der Waals surface area contributed by atoms with Crippen LogP contribution in [0, 0.1) is 0 Å². The number of ether oxygens (including phenoxy) is 2. The molecular formula is C20H21NO4. The number of carbonyl (C=O) groups excluding carboxylic acids is 1. The molecular weight excluding hydrogens is 318 g/mol. The van der Waals surface area contributed by atoms with Crippen molar-refractivity contribution in [3.05, 3.63) is 65.7 Å². The highest BCUT2D eigenvalue weighted by Crippen LogP contribution is 2.38. The van der Waals surface area contributed by atoms with Crippen molar-refractivity contribution in [2.75, 3.05) is 14.1 Å². The molecule has 25 heavy (non-hydrogen) atoms. The van der Waals surface area contributed by atoms with Crippen LogP contribution in [0.15, 0.2) is 54.6 Å². The Labute approximate surface area is 147 Å². The minimum Gasteiger partial charge on any atom is -0.481 e. The number of hydrogen-bond acceptors (Lipinski definition) is 4. The largest absolute Gasteiger partial charge is 0.481 e. The Kier molecular flexibility index (Phi) is 4.76. The molecule has 1 amide bonds. The normalized spacial score (nSPS) is 17.0. The highest BCUT2D eigenvalue weighted by atomic mass is 16.6. The average molecular weight is 339 g/mol. The minimum atomic E-state index is -1.03. The molecule has 3 rings (SSSR count). The molecule has 2 atom stereocenters. The van der Waals surface area contributed by atoms with Gasteiger partial charge >= 0.3 is 0 Å². The summed E-state index contributed by atoms with van der Waals surface area (Å²) in [6, 6.07) is 15.2. The van der Waals surface area contributed by atoms with Crippen molar-refractivity contribution in [1.29, 1.82) is 0 Å². The highest BCUT2D eigenvalue weighted by molar-refractivity contribution is 5.84. The lowest BCUT2D eigenvalue weighted by atomic mass is 9.95. The predicted molar refractivity (Wildman–Crippen MR) is 95.4 cm³/mol. The summed E-state index contributed by atoms with van der Waals surface area (Å²) >= 11 is 0. The summed E-state index contributed by atoms with van der Waals surface area (Å²) in [5.74, 6) is 0.919. The van der Waals surface area contributed by atoms with Gasteiger partial charge in [-0.15, -0.1) is 0 Å². The number of likely N-dealkylation sites (N-methyl/N-ethyl adjacent to an activating group) is 1. The topological polar surface area (TPSA) is 59.0 Å². The molecule has 0 spiro atoms. The van der Waals surface area contributed by atoms with E-state index in [4.69, 9.17) is 9.47 Å². The van der Waals surface area contributed by atoms with E-state index in [0.717, 1.165) is 16.7 Å². The number of hydrogen-bond donors (Lipinski definition) is 1. The fraction of sp³-hybridized carbons (Fsp3) is 0.250. The molecule has 5 nitrogen and oxygen atoms in total. The van der Waals surface area contributed by atoms with E-state index in [0.29, 0.717) is 11.5 Å². The molecule has 130 valence electrons. The summed E-state index contributed by atoms with van der Waals surface area (Å²) in [6.07, 6.45) is 0.0422. The Balaban J connectivity index is 1.89. The lowest BCUT2D eigenvalue weighted by molar-refractivity contribution is -0.135. The van der Waals surface area contributed by atoms with Crippen molar-refractivity contribution in [3.8, 4) is 11.5 Å². The van der Waals surface area contributed by atoms with Gasteiger partial charge < -0.3 is 19.5 Å². The standard InChI is InChI=1S/C20H21NO4/c1-13(20(23)21(2)3)24-15-9-10-16-17(14-7-5-4-6-8-14)12-19(22)25-18(16)11-15/h4-13,19,22H,1-3H3/t13-,19?/m1/s1. The maximum atomic E-state index is 11.9. The number of aliphatic hydroxyl groups is 1. The molecule has 1 aliphatic rings. The monoisotopic (exact) mass is 339 g/mol. The van der Waals surface area contributed by atoms with Crippen LogP contribution in [0.1, 0.15) is 18.1 Å². The minimum absolute atomic E-state index is 0.122. The van der Waals surface area contributed by atoms with Gasteiger partial charge in [0, 0.05) is 25.7 Å². The molecule has 0 saturated carbocycles. The molecule has 1 N–H and O–H groups in total. The molecule has 1 unspecified atom stereocenters. The van der Waals surface area contributed by atoms with Crippen molar-refractivity contribution in [2.45, 2.75) is 19.3 Å². The van der Waals surface area contributed by atoms with E-state index < -0.39 is 12.4 Å². The van der Waals surface area contributed by atoms with E-state index in [1.54, 1.807) is 39.2 Å². The third-order valence-corrected chi connectivity index (χ3v) is 3.99. The van der Waals surface area contributed by atoms with Crippen molar-refractivity contribution in [3.63, 3.8) is 0 Å². The Bertz CT molecular complexity index is 799. The van der Waals surface area contributed by atoms with Crippen LogP contribution in [0.4, 0.5) is 0 Å². The van der Waals surface area contributed by atoms with E-state index in [-0.39, 0.29) is 5.91 Å². The van der Waals surface area contributed by atoms with Crippen LogP contribution in [0.2, 0.25) is 0 Å². The quantitative estimate of drug-likeness (QED) is 0.930. The average Bonchev–Trinajstić information content (AvgIpc) is 2.60. The second kappa shape index (κ2) is 6.99. The van der Waals surface area contributed by atoms with E-state index in [1.807, 2.05) is 36.4 Å². The Hall–Kier alpha value is -2.79. The van der Waals surface area contributed by atoms with Crippen LogP contribution in [0.5, 0.6) is 11.5 Å². The smallest absolute Gasteiger partial charge is 0.262 e. The van der Waals surface area contributed by atoms with Crippen molar-refractivity contribution < 1.29 is 19.4 Å². The second-order valence-electron chi connectivity index (χ2n) is 6.11. The Morgan fingerprint density at radius 3 is 2.60 bits per heavy atom. The zero-order chi connectivity index (χ0) is 18.0. The first-order valence-electron chi connectivity index (χ1n) is 8.10. The predicted octanol–water partition coefficient (Wildman–Crippen LogP) is 2.68. The first kappa shape index (κ1) is 17.0. The fourth-order valence-corrected chi connectivity index (χ4v) is 2.78. The fourth-order valence-electron chi connectivity index (χ4n) is 2.78. The van der Waals surface area contributed by atoms with Crippen LogP contribution in [-0.2, 0) is 4.79 Å². The number of nitrogens with zero attached hydrogens (tertiary/aromatic N) is 1. The molecule has 1 aliphatic heterocycles. The molecule has 0 saturated heterocycles. The van der Waals surface area contributed by atoms with Gasteiger partial charge in [-0.05, 0) is 36.3 Å². The summed E-state index contributed by atoms with van der Waals surface area (Å²) < 4.78 is 11.2. The molecule has 0 fully saturated rings. The first-order valence-corrected chi connectivity index (χ1v) is 8.10. The van der Waals surface area contributed by atoms with Crippen LogP contribution >= 0.6 is 0 Å². The van der Waals surface area contributed by atoms with Crippen LogP contribution in [0.3, 0.4) is 0 Å². The third kappa shape index (κ3) is 3.67. The Morgan fingerprint density at radius 2 is 1.92 bits per heavy atom. The van der Waals surface area contributed by atoms with Gasteiger partial charge in [-0.1, -0.05) is 30.3 Å². The van der Waals surface area contributed by atoms with Gasteiger partial charge in [-0.3, -0.25) is 4.79 Å². The van der Waals surface area contributed by atoms with E-state index in [9.17, 15) is 9.90 Å². The molecule has 5 heteroatoms.